The van der Waals surface area contributed by atoms with Crippen molar-refractivity contribution in [2.24, 2.45) is 17.8 Å². The summed E-state index contributed by atoms with van der Waals surface area (Å²) in [6.07, 6.45) is -9.51. The number of aliphatic hydroxyl groups excluding tert-OH is 5. The lowest BCUT2D eigenvalue weighted by Crippen LogP contribution is -2.67. The van der Waals surface area contributed by atoms with E-state index in [0.717, 1.165) is 32.1 Å². The lowest BCUT2D eigenvalue weighted by atomic mass is 9.74. The van der Waals surface area contributed by atoms with Gasteiger partial charge in [-0.2, -0.15) is 0 Å². The number of carbonyl (C=O) groups is 4. The molecule has 18 nitrogen and oxygen atoms in total. The van der Waals surface area contributed by atoms with Crippen LogP contribution in [0.1, 0.15) is 97.8 Å². The minimum Gasteiger partial charge on any atom is -0.479 e. The Bertz CT molecular complexity index is 1290. The molecule has 0 bridgehead atoms. The molecule has 8 N–H and O–H groups in total. The predicted octanol–water partition coefficient (Wildman–Crippen LogP) is -0.0859. The van der Waals surface area contributed by atoms with Crippen LogP contribution in [-0.4, -0.2) is 161 Å². The highest BCUT2D eigenvalue weighted by atomic mass is 16.7. The molecule has 0 spiro atoms. The first-order valence-electron chi connectivity index (χ1n) is 20.6. The zero-order valence-corrected chi connectivity index (χ0v) is 33.6. The van der Waals surface area contributed by atoms with Crippen molar-refractivity contribution in [1.29, 1.82) is 0 Å². The Hall–Kier alpha value is -2.36. The number of ketones is 1. The van der Waals surface area contributed by atoms with Crippen molar-refractivity contribution in [2.45, 2.75) is 177 Å². The van der Waals surface area contributed by atoms with Crippen LogP contribution >= 0.6 is 0 Å². The maximum Gasteiger partial charge on any atom is 0.332 e. The molecule has 2 aliphatic carbocycles. The number of aliphatic carboxylic acids is 1. The fourth-order valence-electron chi connectivity index (χ4n) is 8.60. The van der Waals surface area contributed by atoms with Crippen molar-refractivity contribution in [3.8, 4) is 0 Å². The smallest absolute Gasteiger partial charge is 0.332 e. The Morgan fingerprint density at radius 3 is 2.23 bits per heavy atom. The van der Waals surface area contributed by atoms with Crippen LogP contribution in [0.2, 0.25) is 0 Å². The van der Waals surface area contributed by atoms with E-state index in [0.29, 0.717) is 19.3 Å². The molecule has 2 saturated carbocycles. The summed E-state index contributed by atoms with van der Waals surface area (Å²) in [5.74, 6) is -2.95. The Morgan fingerprint density at radius 1 is 0.877 bits per heavy atom. The number of nitrogens with one attached hydrogen (secondary N) is 2. The third kappa shape index (κ3) is 13.1. The minimum atomic E-state index is -1.64. The van der Waals surface area contributed by atoms with E-state index in [9.17, 15) is 49.8 Å². The fraction of sp³-hybridized carbons (Fsp3) is 0.897. The average molecular weight is 819 g/mol. The summed E-state index contributed by atoms with van der Waals surface area (Å²) in [5.41, 5.74) is 0. The molecule has 4 aliphatic rings. The molecule has 2 heterocycles. The second kappa shape index (κ2) is 22.9. The van der Waals surface area contributed by atoms with E-state index in [1.165, 1.54) is 21.0 Å². The maximum atomic E-state index is 13.8. The van der Waals surface area contributed by atoms with Crippen molar-refractivity contribution >= 4 is 23.6 Å². The molecule has 0 aromatic rings. The van der Waals surface area contributed by atoms with Crippen LogP contribution in [-0.2, 0) is 47.6 Å². The molecule has 2 aliphatic heterocycles. The van der Waals surface area contributed by atoms with E-state index in [1.54, 1.807) is 0 Å². The number of hydrogen-bond donors (Lipinski definition) is 8. The second-order valence-electron chi connectivity index (χ2n) is 16.1. The topological polar surface area (TPSA) is 269 Å². The monoisotopic (exact) mass is 818 g/mol. The number of methoxy groups -OCH3 is 1. The van der Waals surface area contributed by atoms with Crippen LogP contribution < -0.4 is 10.6 Å². The van der Waals surface area contributed by atoms with Crippen LogP contribution in [0, 0.1) is 17.8 Å². The van der Waals surface area contributed by atoms with Crippen molar-refractivity contribution in [3.05, 3.63) is 0 Å². The number of carbonyl (C=O) groups excluding carboxylic acids is 3. The Labute approximate surface area is 334 Å². The van der Waals surface area contributed by atoms with Gasteiger partial charge in [0, 0.05) is 39.3 Å². The predicted molar refractivity (Wildman–Crippen MR) is 199 cm³/mol. The molecule has 2 saturated heterocycles. The van der Waals surface area contributed by atoms with Crippen LogP contribution in [0.3, 0.4) is 0 Å². The maximum absolute atomic E-state index is 13.8. The van der Waals surface area contributed by atoms with Crippen molar-refractivity contribution in [3.63, 3.8) is 0 Å². The van der Waals surface area contributed by atoms with Crippen LogP contribution in [0.25, 0.3) is 0 Å². The first kappa shape index (κ1) is 47.3. The Balaban J connectivity index is 1.62. The zero-order valence-electron chi connectivity index (χ0n) is 33.6. The summed E-state index contributed by atoms with van der Waals surface area (Å²) in [4.78, 5) is 51.0. The molecule has 0 radical (unpaired) electrons. The van der Waals surface area contributed by atoms with Gasteiger partial charge in [-0.1, -0.05) is 45.4 Å². The first-order chi connectivity index (χ1) is 27.2. The number of carboxylic acids is 1. The Morgan fingerprint density at radius 2 is 1.60 bits per heavy atom. The van der Waals surface area contributed by atoms with Crippen LogP contribution in [0.5, 0.6) is 0 Å². The van der Waals surface area contributed by atoms with E-state index in [2.05, 4.69) is 10.6 Å². The first-order valence-corrected chi connectivity index (χ1v) is 20.6. The quantitative estimate of drug-likeness (QED) is 0.0747. The van der Waals surface area contributed by atoms with Gasteiger partial charge in [-0.25, -0.2) is 4.79 Å². The molecule has 15 atom stereocenters. The van der Waals surface area contributed by atoms with E-state index >= 15 is 0 Å². The van der Waals surface area contributed by atoms with Gasteiger partial charge in [0.15, 0.2) is 18.7 Å². The van der Waals surface area contributed by atoms with Gasteiger partial charge < -0.3 is 69.7 Å². The molecule has 6 unspecified atom stereocenters. The molecule has 18 heteroatoms. The Kier molecular flexibility index (Phi) is 19.0. The van der Waals surface area contributed by atoms with Gasteiger partial charge in [0.05, 0.1) is 31.5 Å². The summed E-state index contributed by atoms with van der Waals surface area (Å²) in [6, 6.07) is -1.29. The molecule has 57 heavy (non-hydrogen) atoms. The molecular formula is C39H66N2O16. The van der Waals surface area contributed by atoms with Crippen LogP contribution in [0.15, 0.2) is 0 Å². The average Bonchev–Trinajstić information content (AvgIpc) is 3.19. The number of hydrogen-bond acceptors (Lipinski definition) is 15. The number of aliphatic hydroxyl groups is 5. The van der Waals surface area contributed by atoms with Crippen molar-refractivity contribution in [1.82, 2.24) is 10.6 Å². The standard InChI is InChI=1S/C39H66N2O16/c1-5-23-17-24(25(44)12-9-14-40-29(45)13-15-52-4)18-26(35(23)57-39-34(49)33(48)31(46)20(2)53-39)55-38-30(41-21(3)43)36(32(47)28(19-42)56-38)54-27(37(50)51)16-22-10-7-6-8-11-22/h20,22-24,26-28,30-36,38-39,42,46-49H,5-19H2,1-4H3,(H,40,45)(H,41,43)(H,50,51)/t20-,23?,24?,26+,27-,28-,30?,31-,32-,33?,34-,35+,36?,38+,39?/m0/s1. The zero-order chi connectivity index (χ0) is 41.8. The van der Waals surface area contributed by atoms with Gasteiger partial charge in [-0.3, -0.25) is 14.4 Å². The van der Waals surface area contributed by atoms with Gasteiger partial charge >= 0.3 is 5.97 Å². The molecule has 0 aromatic carbocycles. The summed E-state index contributed by atoms with van der Waals surface area (Å²) in [5, 5.41) is 69.3. The number of Topliss-reactive ketones (excluding diaryl/α,β-unsaturated/α-hetero) is 1. The van der Waals surface area contributed by atoms with E-state index < -0.39 is 104 Å². The van der Waals surface area contributed by atoms with Gasteiger partial charge in [-0.15, -0.1) is 0 Å². The summed E-state index contributed by atoms with van der Waals surface area (Å²) >= 11 is 0. The highest BCUT2D eigenvalue weighted by Gasteiger charge is 2.52. The highest BCUT2D eigenvalue weighted by molar-refractivity contribution is 5.81. The van der Waals surface area contributed by atoms with Gasteiger partial charge in [0.25, 0.3) is 0 Å². The minimum absolute atomic E-state index is 0.0632. The highest BCUT2D eigenvalue weighted by Crippen LogP contribution is 2.40. The molecular weight excluding hydrogens is 752 g/mol. The van der Waals surface area contributed by atoms with E-state index in [4.69, 9.17) is 28.4 Å². The van der Waals surface area contributed by atoms with Crippen LogP contribution in [0.4, 0.5) is 0 Å². The number of ether oxygens (including phenoxy) is 6. The largest absolute Gasteiger partial charge is 0.479 e. The SMILES string of the molecule is CCC1CC(C(=O)CCCNC(=O)CCOC)C[C@@H](O[C@@H]2O[C@@H](CO)[C@H](O)C(O[C@@H](CC3CCCCC3)C(=O)O)C2NC(C)=O)[C@@H]1OC1O[C@@H](C)[C@H](O)C(O)[C@@H]1O. The van der Waals surface area contributed by atoms with Gasteiger partial charge in [0.2, 0.25) is 11.8 Å². The van der Waals surface area contributed by atoms with Gasteiger partial charge in [0.1, 0.15) is 48.4 Å². The third-order valence-corrected chi connectivity index (χ3v) is 11.9. The molecule has 2 amide bonds. The normalized spacial score (nSPS) is 36.9. The molecule has 4 rings (SSSR count). The lowest BCUT2D eigenvalue weighted by molar-refractivity contribution is -0.338. The molecule has 328 valence electrons. The van der Waals surface area contributed by atoms with E-state index in [1.807, 2.05) is 6.92 Å². The second-order valence-corrected chi connectivity index (χ2v) is 16.1. The summed E-state index contributed by atoms with van der Waals surface area (Å²) in [6.45, 7) is 4.48. The molecule has 0 aromatic heterocycles. The van der Waals surface area contributed by atoms with E-state index in [-0.39, 0.29) is 62.4 Å². The summed E-state index contributed by atoms with van der Waals surface area (Å²) in [7, 11) is 1.50. The lowest BCUT2D eigenvalue weighted by Gasteiger charge is -2.49. The third-order valence-electron chi connectivity index (χ3n) is 11.9. The fourth-order valence-corrected chi connectivity index (χ4v) is 8.60. The van der Waals surface area contributed by atoms with Crippen molar-refractivity contribution < 1.29 is 78.2 Å². The number of carboxylic acid groups (broad SMARTS) is 1. The number of rotatable bonds is 20. The van der Waals surface area contributed by atoms with Gasteiger partial charge in [-0.05, 0) is 44.4 Å². The summed E-state index contributed by atoms with van der Waals surface area (Å²) < 4.78 is 36.0. The number of amides is 2. The molecule has 4 fully saturated rings. The van der Waals surface area contributed by atoms with Crippen molar-refractivity contribution in [2.75, 3.05) is 26.9 Å².